The summed E-state index contributed by atoms with van der Waals surface area (Å²) in [6, 6.07) is 16.2. The normalized spacial score (nSPS) is 18.4. The molecule has 1 atom stereocenters. The molecule has 1 aliphatic heterocycles. The second-order valence-electron chi connectivity index (χ2n) is 7.14. The van der Waals surface area contributed by atoms with Crippen LogP contribution in [0.15, 0.2) is 54.6 Å². The molecule has 1 aliphatic rings. The number of amides is 4. The number of aromatic nitrogens is 2. The van der Waals surface area contributed by atoms with E-state index in [-0.39, 0.29) is 0 Å². The molecule has 2 N–H and O–H groups in total. The maximum atomic E-state index is 12.9. The van der Waals surface area contributed by atoms with Crippen molar-refractivity contribution in [2.75, 3.05) is 11.9 Å². The van der Waals surface area contributed by atoms with Gasteiger partial charge in [0.2, 0.25) is 11.0 Å². The van der Waals surface area contributed by atoms with E-state index in [9.17, 15) is 14.4 Å². The molecule has 0 unspecified atom stereocenters. The number of hydrogen-bond donors (Lipinski definition) is 2. The first-order valence-electron chi connectivity index (χ1n) is 9.27. The highest BCUT2D eigenvalue weighted by Crippen LogP contribution is 2.29. The highest BCUT2D eigenvalue weighted by atomic mass is 32.1. The van der Waals surface area contributed by atoms with Crippen molar-refractivity contribution < 1.29 is 14.4 Å². The Morgan fingerprint density at radius 2 is 1.80 bits per heavy atom. The van der Waals surface area contributed by atoms with Gasteiger partial charge in [0.05, 0.1) is 0 Å². The molecule has 1 saturated heterocycles. The van der Waals surface area contributed by atoms with Crippen LogP contribution in [0.1, 0.15) is 18.1 Å². The molecular weight excluding hydrogens is 402 g/mol. The molecule has 30 heavy (non-hydrogen) atoms. The van der Waals surface area contributed by atoms with Crippen molar-refractivity contribution in [3.63, 3.8) is 0 Å². The fraction of sp³-hybridized carbons (Fsp3) is 0.190. The van der Waals surface area contributed by atoms with Crippen molar-refractivity contribution in [2.45, 2.75) is 19.4 Å². The molecule has 0 saturated carbocycles. The molecule has 0 aliphatic carbocycles. The molecule has 4 amide bonds. The molecule has 4 rings (SSSR count). The van der Waals surface area contributed by atoms with Gasteiger partial charge in [-0.15, -0.1) is 10.2 Å². The van der Waals surface area contributed by atoms with Crippen LogP contribution < -0.4 is 10.6 Å². The van der Waals surface area contributed by atoms with Crippen LogP contribution in [0.3, 0.4) is 0 Å². The minimum atomic E-state index is -1.21. The molecule has 8 nitrogen and oxygen atoms in total. The number of benzene rings is 2. The van der Waals surface area contributed by atoms with Gasteiger partial charge in [-0.2, -0.15) is 0 Å². The lowest BCUT2D eigenvalue weighted by Gasteiger charge is -2.22. The molecule has 9 heteroatoms. The average Bonchev–Trinajstić information content (AvgIpc) is 3.28. The van der Waals surface area contributed by atoms with Gasteiger partial charge < -0.3 is 5.32 Å². The Kier molecular flexibility index (Phi) is 5.04. The summed E-state index contributed by atoms with van der Waals surface area (Å²) in [6.07, 6.45) is 0. The Labute approximate surface area is 176 Å². The van der Waals surface area contributed by atoms with Crippen LogP contribution in [0, 0.1) is 6.92 Å². The minimum absolute atomic E-state index is 0.298. The first-order valence-corrected chi connectivity index (χ1v) is 10.1. The summed E-state index contributed by atoms with van der Waals surface area (Å²) in [5.41, 5.74) is 1.38. The number of nitrogens with one attached hydrogen (secondary N) is 2. The third-order valence-corrected chi connectivity index (χ3v) is 5.79. The lowest BCUT2D eigenvalue weighted by Crippen LogP contribution is -2.42. The lowest BCUT2D eigenvalue weighted by atomic mass is 9.91. The van der Waals surface area contributed by atoms with Crippen molar-refractivity contribution in [1.82, 2.24) is 20.4 Å². The third-order valence-electron chi connectivity index (χ3n) is 4.90. The van der Waals surface area contributed by atoms with E-state index in [4.69, 9.17) is 0 Å². The van der Waals surface area contributed by atoms with Gasteiger partial charge in [0.15, 0.2) is 0 Å². The Bertz CT molecular complexity index is 1110. The van der Waals surface area contributed by atoms with E-state index < -0.39 is 29.9 Å². The zero-order valence-electron chi connectivity index (χ0n) is 16.4. The number of hydrogen-bond acceptors (Lipinski definition) is 6. The number of carbonyl (C=O) groups is 3. The Balaban J connectivity index is 1.45. The summed E-state index contributed by atoms with van der Waals surface area (Å²) in [5.74, 6) is -1.00. The van der Waals surface area contributed by atoms with Crippen molar-refractivity contribution in [3.05, 3.63) is 65.7 Å². The summed E-state index contributed by atoms with van der Waals surface area (Å²) < 4.78 is 0. The molecule has 1 aromatic heterocycles. The van der Waals surface area contributed by atoms with Gasteiger partial charge in [-0.1, -0.05) is 71.5 Å². The van der Waals surface area contributed by atoms with Gasteiger partial charge in [-0.05, 0) is 19.4 Å². The van der Waals surface area contributed by atoms with E-state index in [2.05, 4.69) is 20.8 Å². The molecule has 152 valence electrons. The van der Waals surface area contributed by atoms with Gasteiger partial charge in [0, 0.05) is 5.56 Å². The van der Waals surface area contributed by atoms with Crippen LogP contribution in [0.5, 0.6) is 0 Å². The van der Waals surface area contributed by atoms with Crippen LogP contribution in [0.2, 0.25) is 0 Å². The lowest BCUT2D eigenvalue weighted by molar-refractivity contribution is -0.133. The predicted octanol–water partition coefficient (Wildman–Crippen LogP) is 2.92. The van der Waals surface area contributed by atoms with Gasteiger partial charge in [0.1, 0.15) is 17.1 Å². The molecule has 3 aromatic rings. The number of aryl methyl sites for hydroxylation is 1. The molecule has 0 bridgehead atoms. The quantitative estimate of drug-likeness (QED) is 0.617. The zero-order chi connectivity index (χ0) is 21.3. The van der Waals surface area contributed by atoms with Gasteiger partial charge in [0.25, 0.3) is 5.91 Å². The van der Waals surface area contributed by atoms with Gasteiger partial charge >= 0.3 is 6.03 Å². The number of urea groups is 1. The topological polar surface area (TPSA) is 104 Å². The maximum absolute atomic E-state index is 12.9. The van der Waals surface area contributed by atoms with E-state index in [1.54, 1.807) is 19.1 Å². The predicted molar refractivity (Wildman–Crippen MR) is 113 cm³/mol. The monoisotopic (exact) mass is 421 g/mol. The average molecular weight is 421 g/mol. The van der Waals surface area contributed by atoms with Gasteiger partial charge in [-0.3, -0.25) is 19.8 Å². The van der Waals surface area contributed by atoms with Crippen molar-refractivity contribution >= 4 is 34.3 Å². The SMILES string of the molecule is Cc1ccc([C@]2(C)NC(=O)N(CC(=O)Nc3nnc(-c4ccccc4)s3)C2=O)cc1. The van der Waals surface area contributed by atoms with E-state index in [0.29, 0.717) is 15.7 Å². The summed E-state index contributed by atoms with van der Waals surface area (Å²) in [6.45, 7) is 3.16. The minimum Gasteiger partial charge on any atom is -0.319 e. The highest BCUT2D eigenvalue weighted by molar-refractivity contribution is 7.18. The third kappa shape index (κ3) is 3.67. The fourth-order valence-corrected chi connectivity index (χ4v) is 3.96. The van der Waals surface area contributed by atoms with E-state index in [1.807, 2.05) is 49.4 Å². The zero-order valence-corrected chi connectivity index (χ0v) is 17.2. The molecular formula is C21H19N5O3S. The summed E-state index contributed by atoms with van der Waals surface area (Å²) in [5, 5.41) is 14.3. The smallest absolute Gasteiger partial charge is 0.319 e. The van der Waals surface area contributed by atoms with Crippen LogP contribution in [0.4, 0.5) is 9.93 Å². The molecule has 0 spiro atoms. The Hall–Kier alpha value is -3.59. The van der Waals surface area contributed by atoms with Crippen LogP contribution in [0.25, 0.3) is 10.6 Å². The van der Waals surface area contributed by atoms with Crippen molar-refractivity contribution in [1.29, 1.82) is 0 Å². The standard InChI is InChI=1S/C21H19N5O3S/c1-13-8-10-15(11-9-13)21(2)18(28)26(20(29)23-21)12-16(27)22-19-25-24-17(30-19)14-6-4-3-5-7-14/h3-11H,12H2,1-2H3,(H,23,29)(H,22,25,27)/t21-/m0/s1. The van der Waals surface area contributed by atoms with Gasteiger partial charge in [-0.25, -0.2) is 4.79 Å². The number of imide groups is 1. The first-order chi connectivity index (χ1) is 14.4. The van der Waals surface area contributed by atoms with Crippen LogP contribution in [-0.4, -0.2) is 39.5 Å². The molecule has 1 fully saturated rings. The van der Waals surface area contributed by atoms with E-state index in [1.165, 1.54) is 11.3 Å². The summed E-state index contributed by atoms with van der Waals surface area (Å²) in [4.78, 5) is 38.7. The highest BCUT2D eigenvalue weighted by Gasteiger charge is 2.49. The summed E-state index contributed by atoms with van der Waals surface area (Å²) >= 11 is 1.21. The van der Waals surface area contributed by atoms with Crippen LogP contribution in [-0.2, 0) is 15.1 Å². The first kappa shape index (κ1) is 19.7. The van der Waals surface area contributed by atoms with E-state index >= 15 is 0 Å². The van der Waals surface area contributed by atoms with Crippen LogP contribution >= 0.6 is 11.3 Å². The fourth-order valence-electron chi connectivity index (χ4n) is 3.20. The molecule has 0 radical (unpaired) electrons. The Morgan fingerprint density at radius 3 is 2.50 bits per heavy atom. The number of nitrogens with zero attached hydrogens (tertiary/aromatic N) is 3. The summed E-state index contributed by atoms with van der Waals surface area (Å²) in [7, 11) is 0. The number of rotatable bonds is 5. The largest absolute Gasteiger partial charge is 0.325 e. The number of anilines is 1. The maximum Gasteiger partial charge on any atom is 0.325 e. The second-order valence-corrected chi connectivity index (χ2v) is 8.12. The van der Waals surface area contributed by atoms with E-state index in [0.717, 1.165) is 16.0 Å². The number of carbonyl (C=O) groups excluding carboxylic acids is 3. The Morgan fingerprint density at radius 1 is 1.10 bits per heavy atom. The second kappa shape index (κ2) is 7.68. The van der Waals surface area contributed by atoms with Crippen molar-refractivity contribution in [3.8, 4) is 10.6 Å². The molecule has 2 aromatic carbocycles. The van der Waals surface area contributed by atoms with Crippen molar-refractivity contribution in [2.24, 2.45) is 0 Å². The molecule has 2 heterocycles.